The minimum absolute atomic E-state index is 0.137. The standard InChI is InChI=1S/C19H12Cl2N4O/c20-13-7-6-11(8-14(13)21)15-12(9-22)18(23)26-19-16(15)17(24-25-19)10-4-2-1-3-5-10/h1-8,12,15,23H,(H,24,25). The van der Waals surface area contributed by atoms with Crippen LogP contribution >= 0.6 is 23.2 Å². The van der Waals surface area contributed by atoms with E-state index in [2.05, 4.69) is 16.3 Å². The van der Waals surface area contributed by atoms with Crippen molar-refractivity contribution in [1.82, 2.24) is 10.2 Å². The Hall–Kier alpha value is -2.81. The van der Waals surface area contributed by atoms with Gasteiger partial charge in [0.25, 0.3) is 0 Å². The Balaban J connectivity index is 1.95. The van der Waals surface area contributed by atoms with Crippen LogP contribution in [-0.4, -0.2) is 16.1 Å². The summed E-state index contributed by atoms with van der Waals surface area (Å²) in [5.74, 6) is -1.07. The summed E-state index contributed by atoms with van der Waals surface area (Å²) in [7, 11) is 0. The van der Waals surface area contributed by atoms with E-state index in [1.807, 2.05) is 36.4 Å². The lowest BCUT2D eigenvalue weighted by Crippen LogP contribution is -2.30. The molecule has 0 saturated carbocycles. The quantitative estimate of drug-likeness (QED) is 0.651. The van der Waals surface area contributed by atoms with E-state index in [-0.39, 0.29) is 5.90 Å². The first kappa shape index (κ1) is 16.6. The molecule has 0 spiro atoms. The van der Waals surface area contributed by atoms with Crippen LogP contribution in [0.1, 0.15) is 17.0 Å². The molecule has 2 N–H and O–H groups in total. The Morgan fingerprint density at radius 1 is 1.12 bits per heavy atom. The Kier molecular flexibility index (Phi) is 4.15. The number of nitrogens with one attached hydrogen (secondary N) is 2. The number of hydrogen-bond donors (Lipinski definition) is 2. The molecular formula is C19H12Cl2N4O. The number of rotatable bonds is 2. The molecule has 1 aliphatic rings. The zero-order chi connectivity index (χ0) is 18.3. The maximum atomic E-state index is 9.68. The first-order valence-electron chi connectivity index (χ1n) is 7.84. The minimum Gasteiger partial charge on any atom is -0.422 e. The molecule has 128 valence electrons. The summed E-state index contributed by atoms with van der Waals surface area (Å²) in [6, 6.07) is 17.1. The highest BCUT2D eigenvalue weighted by Gasteiger charge is 2.40. The maximum absolute atomic E-state index is 9.68. The SMILES string of the molecule is N#CC1C(=N)Oc2n[nH]c(-c3ccccc3)c2C1c1ccc(Cl)c(Cl)c1. The molecule has 2 atom stereocenters. The highest BCUT2D eigenvalue weighted by Crippen LogP contribution is 2.46. The van der Waals surface area contributed by atoms with E-state index in [9.17, 15) is 5.26 Å². The number of ether oxygens (including phenoxy) is 1. The van der Waals surface area contributed by atoms with Crippen LogP contribution in [0.5, 0.6) is 5.88 Å². The third-order valence-electron chi connectivity index (χ3n) is 4.41. The van der Waals surface area contributed by atoms with E-state index in [1.165, 1.54) is 0 Å². The molecule has 4 rings (SSSR count). The molecule has 0 amide bonds. The summed E-state index contributed by atoms with van der Waals surface area (Å²) < 4.78 is 5.50. The van der Waals surface area contributed by atoms with Gasteiger partial charge in [0.2, 0.25) is 11.8 Å². The predicted molar refractivity (Wildman–Crippen MR) is 99.8 cm³/mol. The van der Waals surface area contributed by atoms with Gasteiger partial charge in [0.1, 0.15) is 5.92 Å². The Morgan fingerprint density at radius 3 is 2.58 bits per heavy atom. The van der Waals surface area contributed by atoms with Crippen molar-refractivity contribution in [1.29, 1.82) is 10.7 Å². The topological polar surface area (TPSA) is 85.6 Å². The van der Waals surface area contributed by atoms with Crippen LogP contribution in [0.3, 0.4) is 0 Å². The molecule has 3 aromatic rings. The first-order chi connectivity index (χ1) is 12.6. The molecule has 0 fully saturated rings. The third-order valence-corrected chi connectivity index (χ3v) is 5.15. The molecule has 2 heterocycles. The fourth-order valence-corrected chi connectivity index (χ4v) is 3.52. The second kappa shape index (κ2) is 6.49. The van der Waals surface area contributed by atoms with Gasteiger partial charge in [0, 0.05) is 5.92 Å². The zero-order valence-corrected chi connectivity index (χ0v) is 14.8. The van der Waals surface area contributed by atoms with Crippen LogP contribution in [0.4, 0.5) is 0 Å². The molecule has 2 unspecified atom stereocenters. The number of aromatic nitrogens is 2. The van der Waals surface area contributed by atoms with Crippen LogP contribution in [0, 0.1) is 22.7 Å². The lowest BCUT2D eigenvalue weighted by Gasteiger charge is -2.28. The largest absolute Gasteiger partial charge is 0.422 e. The van der Waals surface area contributed by atoms with Gasteiger partial charge in [-0.1, -0.05) is 59.6 Å². The lowest BCUT2D eigenvalue weighted by molar-refractivity contribution is 0.437. The molecule has 2 aromatic carbocycles. The van der Waals surface area contributed by atoms with Crippen molar-refractivity contribution in [2.24, 2.45) is 5.92 Å². The number of nitriles is 1. The zero-order valence-electron chi connectivity index (χ0n) is 13.3. The van der Waals surface area contributed by atoms with Crippen molar-refractivity contribution < 1.29 is 4.74 Å². The monoisotopic (exact) mass is 382 g/mol. The molecule has 1 aromatic heterocycles. The third kappa shape index (κ3) is 2.64. The second-order valence-corrected chi connectivity index (χ2v) is 6.72. The summed E-state index contributed by atoms with van der Waals surface area (Å²) in [5.41, 5.74) is 3.18. The van der Waals surface area contributed by atoms with E-state index in [0.717, 1.165) is 22.4 Å². The Bertz CT molecular complexity index is 1040. The Morgan fingerprint density at radius 2 is 1.88 bits per heavy atom. The van der Waals surface area contributed by atoms with Crippen LogP contribution in [0.15, 0.2) is 48.5 Å². The summed E-state index contributed by atoms with van der Waals surface area (Å²) in [4.78, 5) is 0. The van der Waals surface area contributed by atoms with E-state index in [0.29, 0.717) is 15.9 Å². The van der Waals surface area contributed by atoms with E-state index >= 15 is 0 Å². The van der Waals surface area contributed by atoms with Crippen molar-refractivity contribution in [2.45, 2.75) is 5.92 Å². The molecule has 0 bridgehead atoms. The smallest absolute Gasteiger partial charge is 0.244 e. The molecule has 7 heteroatoms. The number of benzene rings is 2. The predicted octanol–water partition coefficient (Wildman–Crippen LogP) is 5.02. The first-order valence-corrected chi connectivity index (χ1v) is 8.60. The number of nitrogens with zero attached hydrogens (tertiary/aromatic N) is 2. The molecule has 26 heavy (non-hydrogen) atoms. The van der Waals surface area contributed by atoms with E-state index in [1.54, 1.807) is 12.1 Å². The fraction of sp³-hybridized carbons (Fsp3) is 0.105. The average molecular weight is 383 g/mol. The molecule has 0 aliphatic carbocycles. The Labute approximate surface area is 159 Å². The van der Waals surface area contributed by atoms with Crippen molar-refractivity contribution in [2.75, 3.05) is 0 Å². The van der Waals surface area contributed by atoms with Gasteiger partial charge in [-0.25, -0.2) is 0 Å². The average Bonchev–Trinajstić information content (AvgIpc) is 3.07. The molecular weight excluding hydrogens is 371 g/mol. The van der Waals surface area contributed by atoms with Gasteiger partial charge in [-0.05, 0) is 23.3 Å². The van der Waals surface area contributed by atoms with Crippen LogP contribution in [-0.2, 0) is 0 Å². The summed E-state index contributed by atoms with van der Waals surface area (Å²) in [6.07, 6.45) is 0. The highest BCUT2D eigenvalue weighted by molar-refractivity contribution is 6.42. The van der Waals surface area contributed by atoms with Gasteiger partial charge < -0.3 is 4.74 Å². The fourth-order valence-electron chi connectivity index (χ4n) is 3.21. The number of fused-ring (bicyclic) bond motifs is 1. The second-order valence-electron chi connectivity index (χ2n) is 5.91. The van der Waals surface area contributed by atoms with Gasteiger partial charge >= 0.3 is 0 Å². The van der Waals surface area contributed by atoms with Gasteiger partial charge in [0.05, 0.1) is 27.4 Å². The molecule has 0 saturated heterocycles. The number of aromatic amines is 1. The minimum atomic E-state index is -0.792. The van der Waals surface area contributed by atoms with Crippen LogP contribution in [0.2, 0.25) is 10.0 Å². The number of halogens is 2. The summed E-state index contributed by atoms with van der Waals surface area (Å²) >= 11 is 12.2. The van der Waals surface area contributed by atoms with Crippen LogP contribution in [0.25, 0.3) is 11.3 Å². The van der Waals surface area contributed by atoms with Crippen molar-refractivity contribution in [3.63, 3.8) is 0 Å². The number of hydrogen-bond acceptors (Lipinski definition) is 4. The lowest BCUT2D eigenvalue weighted by atomic mass is 9.79. The van der Waals surface area contributed by atoms with Gasteiger partial charge in [0.15, 0.2) is 0 Å². The van der Waals surface area contributed by atoms with Crippen molar-refractivity contribution >= 4 is 29.1 Å². The number of H-pyrrole nitrogens is 1. The maximum Gasteiger partial charge on any atom is 0.244 e. The normalized spacial score (nSPS) is 18.7. The van der Waals surface area contributed by atoms with Gasteiger partial charge in [-0.15, -0.1) is 5.10 Å². The van der Waals surface area contributed by atoms with Crippen molar-refractivity contribution in [3.05, 3.63) is 69.7 Å². The molecule has 0 radical (unpaired) electrons. The summed E-state index contributed by atoms with van der Waals surface area (Å²) in [5, 5.41) is 25.8. The van der Waals surface area contributed by atoms with Crippen molar-refractivity contribution in [3.8, 4) is 23.2 Å². The highest BCUT2D eigenvalue weighted by atomic mass is 35.5. The van der Waals surface area contributed by atoms with Crippen LogP contribution < -0.4 is 4.74 Å². The molecule has 5 nitrogen and oxygen atoms in total. The van der Waals surface area contributed by atoms with Gasteiger partial charge in [-0.3, -0.25) is 10.5 Å². The summed E-state index contributed by atoms with van der Waals surface area (Å²) in [6.45, 7) is 0. The van der Waals surface area contributed by atoms with E-state index in [4.69, 9.17) is 33.3 Å². The van der Waals surface area contributed by atoms with E-state index < -0.39 is 11.8 Å². The molecule has 1 aliphatic heterocycles. The van der Waals surface area contributed by atoms with Gasteiger partial charge in [-0.2, -0.15) is 5.26 Å².